The minimum Gasteiger partial charge on any atom is -0.445 e. The predicted octanol–water partition coefficient (Wildman–Crippen LogP) is 4.74. The second kappa shape index (κ2) is 12.5. The summed E-state index contributed by atoms with van der Waals surface area (Å²) in [5, 5.41) is 18.0. The van der Waals surface area contributed by atoms with Crippen LogP contribution in [0.25, 0.3) is 11.2 Å². The van der Waals surface area contributed by atoms with E-state index < -0.39 is 4.92 Å². The molecule has 2 aromatic heterocycles. The number of ether oxygens (including phenoxy) is 1. The first-order valence-corrected chi connectivity index (χ1v) is 15.1. The summed E-state index contributed by atoms with van der Waals surface area (Å²) in [5.41, 5.74) is 8.48. The molecular weight excluding hydrogens is 538 g/mol. The van der Waals surface area contributed by atoms with Gasteiger partial charge in [0, 0.05) is 49.4 Å². The topological polar surface area (TPSA) is 166 Å². The highest BCUT2D eigenvalue weighted by Gasteiger charge is 2.27. The van der Waals surface area contributed by atoms with Gasteiger partial charge < -0.3 is 30.6 Å². The van der Waals surface area contributed by atoms with Crippen LogP contribution in [0.1, 0.15) is 75.8 Å². The molecular formula is C29H39N9O4. The van der Waals surface area contributed by atoms with E-state index in [1.165, 1.54) is 25.0 Å². The Hall–Kier alpha value is -4.00. The minimum atomic E-state index is -0.452. The molecule has 4 N–H and O–H groups in total. The molecule has 224 valence electrons. The van der Waals surface area contributed by atoms with E-state index in [9.17, 15) is 14.9 Å². The Labute approximate surface area is 244 Å². The molecule has 1 aliphatic heterocycles. The van der Waals surface area contributed by atoms with Crippen molar-refractivity contribution in [2.24, 2.45) is 5.73 Å². The van der Waals surface area contributed by atoms with Crippen molar-refractivity contribution >= 4 is 34.7 Å². The number of nitro benzene ring substituents is 1. The smallest absolute Gasteiger partial charge is 0.410 e. The molecule has 3 fully saturated rings. The molecule has 2 aliphatic carbocycles. The lowest BCUT2D eigenvalue weighted by atomic mass is 9.92. The molecule has 0 unspecified atom stereocenters. The monoisotopic (exact) mass is 577 g/mol. The number of hydrogen-bond donors (Lipinski definition) is 3. The number of nitrogens with two attached hydrogens (primary N) is 1. The maximum absolute atomic E-state index is 12.7. The Balaban J connectivity index is 1.10. The zero-order valence-electron chi connectivity index (χ0n) is 23.8. The van der Waals surface area contributed by atoms with Gasteiger partial charge in [-0.1, -0.05) is 12.8 Å². The van der Waals surface area contributed by atoms with Crippen LogP contribution in [0.5, 0.6) is 0 Å². The van der Waals surface area contributed by atoms with Gasteiger partial charge in [-0.25, -0.2) is 9.78 Å². The van der Waals surface area contributed by atoms with E-state index in [0.717, 1.165) is 68.3 Å². The molecule has 13 nitrogen and oxygen atoms in total. The van der Waals surface area contributed by atoms with Crippen molar-refractivity contribution in [3.05, 3.63) is 46.3 Å². The summed E-state index contributed by atoms with van der Waals surface area (Å²) in [6, 6.07) is 7.14. The third-order valence-electron chi connectivity index (χ3n) is 8.85. The van der Waals surface area contributed by atoms with Crippen molar-refractivity contribution in [2.75, 3.05) is 23.7 Å². The van der Waals surface area contributed by atoms with Crippen LogP contribution in [-0.2, 0) is 11.3 Å². The van der Waals surface area contributed by atoms with E-state index in [1.807, 2.05) is 6.33 Å². The van der Waals surface area contributed by atoms with Crippen molar-refractivity contribution in [2.45, 2.75) is 95.0 Å². The number of nitrogens with one attached hydrogen (secondary N) is 2. The van der Waals surface area contributed by atoms with Gasteiger partial charge in [0.25, 0.3) is 5.69 Å². The number of carbonyl (C=O) groups excluding carboxylic acids is 1. The van der Waals surface area contributed by atoms with Crippen molar-refractivity contribution in [1.29, 1.82) is 0 Å². The summed E-state index contributed by atoms with van der Waals surface area (Å²) < 4.78 is 7.70. The van der Waals surface area contributed by atoms with Gasteiger partial charge in [-0.3, -0.25) is 10.1 Å². The van der Waals surface area contributed by atoms with Crippen molar-refractivity contribution < 1.29 is 14.5 Å². The quantitative estimate of drug-likeness (QED) is 0.251. The van der Waals surface area contributed by atoms with Crippen molar-refractivity contribution in [1.82, 2.24) is 24.4 Å². The number of benzene rings is 1. The molecule has 0 radical (unpaired) electrons. The normalized spacial score (nSPS) is 21.9. The number of aromatic nitrogens is 4. The van der Waals surface area contributed by atoms with E-state index in [0.29, 0.717) is 36.7 Å². The number of non-ortho nitro benzene ring substituents is 1. The number of piperidine rings is 1. The minimum absolute atomic E-state index is 0.00698. The van der Waals surface area contributed by atoms with Crippen LogP contribution in [-0.4, -0.2) is 66.7 Å². The summed E-state index contributed by atoms with van der Waals surface area (Å²) in [5.74, 6) is 1.35. The maximum atomic E-state index is 12.7. The van der Waals surface area contributed by atoms with E-state index >= 15 is 0 Å². The number of rotatable bonds is 8. The Morgan fingerprint density at radius 2 is 1.67 bits per heavy atom. The zero-order valence-corrected chi connectivity index (χ0v) is 23.8. The van der Waals surface area contributed by atoms with Gasteiger partial charge in [-0.05, 0) is 69.1 Å². The van der Waals surface area contributed by atoms with E-state index in [4.69, 9.17) is 25.4 Å². The van der Waals surface area contributed by atoms with Gasteiger partial charge in [0.1, 0.15) is 6.61 Å². The number of hydrogen-bond acceptors (Lipinski definition) is 10. The third kappa shape index (κ3) is 6.40. The van der Waals surface area contributed by atoms with Gasteiger partial charge in [0.05, 0.1) is 11.3 Å². The first-order valence-electron chi connectivity index (χ1n) is 15.1. The van der Waals surface area contributed by atoms with Crippen molar-refractivity contribution in [3.8, 4) is 0 Å². The molecule has 3 heterocycles. The van der Waals surface area contributed by atoms with Gasteiger partial charge in [0.15, 0.2) is 17.0 Å². The standard InChI is InChI=1S/C29H39N9O4/c30-20-7-9-21(10-8-20)33-28-34-26(25-27(35-28)37(18-31-25)23-3-1-2-4-23)32-22-13-15-36(16-14-22)29(39)42-17-19-5-11-24(12-6-19)38(40)41/h5-6,11-12,18,20-23H,1-4,7-10,13-17,30H2,(H2,32,33,34,35)/t20-,21-. The number of nitrogens with zero attached hydrogens (tertiary/aromatic N) is 6. The lowest BCUT2D eigenvalue weighted by Crippen LogP contribution is -2.42. The number of fused-ring (bicyclic) bond motifs is 1. The van der Waals surface area contributed by atoms with Crippen LogP contribution >= 0.6 is 0 Å². The van der Waals surface area contributed by atoms with Crippen LogP contribution in [0.2, 0.25) is 0 Å². The molecule has 13 heteroatoms. The fourth-order valence-electron chi connectivity index (χ4n) is 6.33. The van der Waals surface area contributed by atoms with Gasteiger partial charge in [-0.15, -0.1) is 0 Å². The molecule has 6 rings (SSSR count). The van der Waals surface area contributed by atoms with E-state index in [1.54, 1.807) is 17.0 Å². The lowest BCUT2D eigenvalue weighted by Gasteiger charge is -2.32. The van der Waals surface area contributed by atoms with Crippen LogP contribution in [0.15, 0.2) is 30.6 Å². The number of carbonyl (C=O) groups is 1. The van der Waals surface area contributed by atoms with Gasteiger partial charge in [-0.2, -0.15) is 9.97 Å². The molecule has 1 aromatic carbocycles. The summed E-state index contributed by atoms with van der Waals surface area (Å²) in [7, 11) is 0. The molecule has 0 spiro atoms. The summed E-state index contributed by atoms with van der Waals surface area (Å²) in [6.07, 6.45) is 11.7. The molecule has 1 amide bonds. The van der Waals surface area contributed by atoms with Crippen LogP contribution in [0.3, 0.4) is 0 Å². The first-order chi connectivity index (χ1) is 20.4. The SMILES string of the molecule is N[C@H]1CC[C@H](Nc2nc(NC3CCN(C(=O)OCc4ccc([N+](=O)[O-])cc4)CC3)c3ncn(C4CCCC4)c3n2)CC1. The highest BCUT2D eigenvalue weighted by Crippen LogP contribution is 2.34. The number of likely N-dealkylation sites (tertiary alicyclic amines) is 1. The summed E-state index contributed by atoms with van der Waals surface area (Å²) in [6.45, 7) is 1.17. The Kier molecular flexibility index (Phi) is 8.36. The third-order valence-corrected chi connectivity index (χ3v) is 8.85. The number of imidazole rings is 1. The number of amides is 1. The van der Waals surface area contributed by atoms with E-state index in [-0.39, 0.29) is 30.5 Å². The summed E-state index contributed by atoms with van der Waals surface area (Å²) in [4.78, 5) is 39.4. The largest absolute Gasteiger partial charge is 0.445 e. The highest BCUT2D eigenvalue weighted by molar-refractivity contribution is 5.84. The van der Waals surface area contributed by atoms with Gasteiger partial charge in [0.2, 0.25) is 5.95 Å². The Morgan fingerprint density at radius 3 is 2.36 bits per heavy atom. The van der Waals surface area contributed by atoms with Crippen molar-refractivity contribution in [3.63, 3.8) is 0 Å². The highest BCUT2D eigenvalue weighted by atomic mass is 16.6. The van der Waals surface area contributed by atoms with Gasteiger partial charge >= 0.3 is 6.09 Å². The molecule has 0 bridgehead atoms. The average Bonchev–Trinajstić information content (AvgIpc) is 3.68. The first kappa shape index (κ1) is 28.1. The van der Waals surface area contributed by atoms with Crippen LogP contribution in [0.4, 0.5) is 22.2 Å². The second-order valence-corrected chi connectivity index (χ2v) is 11.8. The lowest BCUT2D eigenvalue weighted by molar-refractivity contribution is -0.384. The van der Waals surface area contributed by atoms with Crippen LogP contribution < -0.4 is 16.4 Å². The molecule has 42 heavy (non-hydrogen) atoms. The molecule has 1 saturated heterocycles. The molecule has 0 atom stereocenters. The zero-order chi connectivity index (χ0) is 29.1. The second-order valence-electron chi connectivity index (χ2n) is 11.8. The number of anilines is 2. The fourth-order valence-corrected chi connectivity index (χ4v) is 6.33. The van der Waals surface area contributed by atoms with E-state index in [2.05, 4.69) is 15.2 Å². The molecule has 3 aromatic rings. The predicted molar refractivity (Wildman–Crippen MR) is 158 cm³/mol. The van der Waals surface area contributed by atoms with Crippen LogP contribution in [0, 0.1) is 10.1 Å². The maximum Gasteiger partial charge on any atom is 0.410 e. The molecule has 2 saturated carbocycles. The summed E-state index contributed by atoms with van der Waals surface area (Å²) >= 11 is 0. The Morgan fingerprint density at radius 1 is 0.976 bits per heavy atom. The number of nitro groups is 1. The molecule has 3 aliphatic rings. The average molecular weight is 578 g/mol. The Bertz CT molecular complexity index is 1390. The fraction of sp³-hybridized carbons (Fsp3) is 0.586.